The Bertz CT molecular complexity index is 3650. The smallest absolute Gasteiger partial charge is 0.238 e. The van der Waals surface area contributed by atoms with Gasteiger partial charge in [-0.3, -0.25) is 4.57 Å². The summed E-state index contributed by atoms with van der Waals surface area (Å²) in [6, 6.07) is 71.9. The lowest BCUT2D eigenvalue weighted by Gasteiger charge is -2.12. The zero-order chi connectivity index (χ0) is 40.3. The SMILES string of the molecule is c1ccc(-c2ccccc2)cc1.c1ccc(-c2nc(-c3ccccc3)nc(-n3c4ccccc4c4c5ccccc5c5c6cc7c(cc6sc5c43)[nH]c3ccccc37)n2)cc1. The molecule has 13 aromatic rings. The van der Waals surface area contributed by atoms with Crippen molar-refractivity contribution in [3.63, 3.8) is 0 Å². The minimum atomic E-state index is 0.603. The summed E-state index contributed by atoms with van der Waals surface area (Å²) < 4.78 is 4.74. The van der Waals surface area contributed by atoms with E-state index in [1.165, 1.54) is 63.6 Å². The Morgan fingerprint density at radius 1 is 0.377 bits per heavy atom. The summed E-state index contributed by atoms with van der Waals surface area (Å²) in [6.45, 7) is 0. The molecule has 4 aromatic heterocycles. The lowest BCUT2D eigenvalue weighted by atomic mass is 9.98. The third-order valence-electron chi connectivity index (χ3n) is 11.6. The van der Waals surface area contributed by atoms with Gasteiger partial charge in [-0.2, -0.15) is 9.97 Å². The quantitative estimate of drug-likeness (QED) is 0.193. The molecule has 5 nitrogen and oxygen atoms in total. The zero-order valence-corrected chi connectivity index (χ0v) is 33.6. The first-order valence-electron chi connectivity index (χ1n) is 20.5. The summed E-state index contributed by atoms with van der Waals surface area (Å²) in [7, 11) is 0. The van der Waals surface area contributed by atoms with Crippen LogP contribution in [0.25, 0.3) is 114 Å². The van der Waals surface area contributed by atoms with Crippen molar-refractivity contribution in [2.24, 2.45) is 0 Å². The molecule has 13 rings (SSSR count). The van der Waals surface area contributed by atoms with E-state index < -0.39 is 0 Å². The number of para-hydroxylation sites is 2. The molecular weight excluding hydrogens is 763 g/mol. The normalized spacial score (nSPS) is 11.6. The number of thiophene rings is 1. The van der Waals surface area contributed by atoms with Crippen LogP contribution in [-0.4, -0.2) is 24.5 Å². The average Bonchev–Trinajstić information content (AvgIpc) is 4.02. The van der Waals surface area contributed by atoms with Crippen LogP contribution in [-0.2, 0) is 0 Å². The van der Waals surface area contributed by atoms with Crippen LogP contribution in [0.3, 0.4) is 0 Å². The van der Waals surface area contributed by atoms with Gasteiger partial charge < -0.3 is 4.98 Å². The highest BCUT2D eigenvalue weighted by Crippen LogP contribution is 2.48. The van der Waals surface area contributed by atoms with Crippen LogP contribution in [0.5, 0.6) is 0 Å². The van der Waals surface area contributed by atoms with E-state index in [-0.39, 0.29) is 0 Å². The van der Waals surface area contributed by atoms with Crippen LogP contribution >= 0.6 is 11.3 Å². The average molecular weight is 798 g/mol. The molecule has 0 bridgehead atoms. The monoisotopic (exact) mass is 797 g/mol. The molecule has 0 aliphatic carbocycles. The summed E-state index contributed by atoms with van der Waals surface area (Å²) in [5.41, 5.74) is 8.94. The van der Waals surface area contributed by atoms with Crippen LogP contribution in [0.1, 0.15) is 0 Å². The van der Waals surface area contributed by atoms with Crippen LogP contribution in [0, 0.1) is 0 Å². The number of benzene rings is 9. The largest absolute Gasteiger partial charge is 0.354 e. The van der Waals surface area contributed by atoms with Gasteiger partial charge in [-0.15, -0.1) is 11.3 Å². The number of H-pyrrole nitrogens is 1. The van der Waals surface area contributed by atoms with Crippen LogP contribution in [0.4, 0.5) is 0 Å². The second-order valence-corrected chi connectivity index (χ2v) is 16.3. The van der Waals surface area contributed by atoms with E-state index in [1.54, 1.807) is 0 Å². The van der Waals surface area contributed by atoms with Gasteiger partial charge in [0.1, 0.15) is 0 Å². The molecule has 0 aliphatic rings. The first-order chi connectivity index (χ1) is 30.3. The molecule has 0 saturated heterocycles. The number of fused-ring (bicyclic) bond motifs is 13. The molecule has 0 atom stereocenters. The summed E-state index contributed by atoms with van der Waals surface area (Å²) in [4.78, 5) is 19.1. The van der Waals surface area contributed by atoms with Crippen molar-refractivity contribution >= 4 is 85.9 Å². The van der Waals surface area contributed by atoms with Gasteiger partial charge in [-0.25, -0.2) is 4.98 Å². The van der Waals surface area contributed by atoms with E-state index in [9.17, 15) is 0 Å². The van der Waals surface area contributed by atoms with Gasteiger partial charge in [0.05, 0.1) is 15.7 Å². The molecule has 0 unspecified atom stereocenters. The van der Waals surface area contributed by atoms with Gasteiger partial charge in [0.2, 0.25) is 5.95 Å². The number of rotatable bonds is 4. The van der Waals surface area contributed by atoms with Crippen molar-refractivity contribution in [2.75, 3.05) is 0 Å². The minimum absolute atomic E-state index is 0.603. The Morgan fingerprint density at radius 2 is 0.869 bits per heavy atom. The minimum Gasteiger partial charge on any atom is -0.354 e. The fourth-order valence-corrected chi connectivity index (χ4v) is 10.2. The molecule has 9 aromatic carbocycles. The van der Waals surface area contributed by atoms with Crippen molar-refractivity contribution in [3.05, 3.63) is 206 Å². The molecule has 0 spiro atoms. The van der Waals surface area contributed by atoms with Crippen molar-refractivity contribution in [1.29, 1.82) is 0 Å². The number of nitrogens with one attached hydrogen (secondary N) is 1. The lowest BCUT2D eigenvalue weighted by molar-refractivity contribution is 0.955. The molecule has 286 valence electrons. The van der Waals surface area contributed by atoms with E-state index >= 15 is 0 Å². The third-order valence-corrected chi connectivity index (χ3v) is 12.8. The fraction of sp³-hybridized carbons (Fsp3) is 0. The number of aromatic nitrogens is 5. The molecule has 6 heteroatoms. The molecule has 0 fully saturated rings. The maximum Gasteiger partial charge on any atom is 0.238 e. The molecule has 61 heavy (non-hydrogen) atoms. The number of aromatic amines is 1. The van der Waals surface area contributed by atoms with E-state index in [2.05, 4.69) is 167 Å². The number of hydrogen-bond acceptors (Lipinski definition) is 4. The maximum atomic E-state index is 5.22. The molecule has 4 heterocycles. The summed E-state index contributed by atoms with van der Waals surface area (Å²) >= 11 is 1.84. The summed E-state index contributed by atoms with van der Waals surface area (Å²) in [5.74, 6) is 1.89. The van der Waals surface area contributed by atoms with Gasteiger partial charge in [-0.05, 0) is 46.2 Å². The van der Waals surface area contributed by atoms with Crippen molar-refractivity contribution in [1.82, 2.24) is 24.5 Å². The highest BCUT2D eigenvalue weighted by atomic mass is 32.1. The summed E-state index contributed by atoms with van der Waals surface area (Å²) in [6.07, 6.45) is 0. The standard InChI is InChI=1S/C43H25N5S.C12H10/c1-3-13-25(14-4-1)41-45-42(26-15-5-2-6-16-26)47-43(46-41)48-35-22-12-10-20-30(35)37-28-18-7-8-19-29(28)38-32-23-31-27-17-9-11-21-33(27)44-34(31)24-36(32)49-40(38)39(37)48;1-3-7-11(8-4-1)12-9-5-2-6-10-12/h1-24,44H;1-10H. The van der Waals surface area contributed by atoms with E-state index in [1.807, 2.05) is 59.9 Å². The Labute approximate surface area is 354 Å². The van der Waals surface area contributed by atoms with Crippen molar-refractivity contribution in [3.8, 4) is 39.9 Å². The van der Waals surface area contributed by atoms with Gasteiger partial charge in [0, 0.05) is 59.2 Å². The Hall–Kier alpha value is -7.93. The van der Waals surface area contributed by atoms with Crippen molar-refractivity contribution < 1.29 is 0 Å². The fourth-order valence-electron chi connectivity index (χ4n) is 8.89. The van der Waals surface area contributed by atoms with Gasteiger partial charge in [0.15, 0.2) is 11.6 Å². The molecule has 0 saturated carbocycles. The van der Waals surface area contributed by atoms with Gasteiger partial charge >= 0.3 is 0 Å². The Balaban J connectivity index is 0.000000287. The second-order valence-electron chi connectivity index (χ2n) is 15.2. The molecule has 0 radical (unpaired) electrons. The third kappa shape index (κ3) is 5.87. The van der Waals surface area contributed by atoms with E-state index in [0.717, 1.165) is 33.2 Å². The van der Waals surface area contributed by atoms with Crippen LogP contribution in [0.15, 0.2) is 206 Å². The predicted molar refractivity (Wildman–Crippen MR) is 257 cm³/mol. The summed E-state index contributed by atoms with van der Waals surface area (Å²) in [5, 5.41) is 9.87. The van der Waals surface area contributed by atoms with Crippen molar-refractivity contribution in [2.45, 2.75) is 0 Å². The lowest BCUT2D eigenvalue weighted by Crippen LogP contribution is -2.06. The van der Waals surface area contributed by atoms with Crippen LogP contribution < -0.4 is 0 Å². The van der Waals surface area contributed by atoms with Gasteiger partial charge in [-0.1, -0.05) is 182 Å². The van der Waals surface area contributed by atoms with Gasteiger partial charge in [0.25, 0.3) is 0 Å². The number of nitrogens with zero attached hydrogens (tertiary/aromatic N) is 4. The highest BCUT2D eigenvalue weighted by molar-refractivity contribution is 7.27. The highest BCUT2D eigenvalue weighted by Gasteiger charge is 2.24. The molecule has 1 N–H and O–H groups in total. The second kappa shape index (κ2) is 14.4. The predicted octanol–water partition coefficient (Wildman–Crippen LogP) is 14.8. The zero-order valence-electron chi connectivity index (χ0n) is 32.8. The van der Waals surface area contributed by atoms with E-state index in [0.29, 0.717) is 17.6 Å². The topological polar surface area (TPSA) is 59.4 Å². The molecule has 0 aliphatic heterocycles. The van der Waals surface area contributed by atoms with E-state index in [4.69, 9.17) is 15.0 Å². The first-order valence-corrected chi connectivity index (χ1v) is 21.3. The molecular formula is C55H35N5S. The Kier molecular flexibility index (Phi) is 8.28. The Morgan fingerprint density at radius 3 is 1.48 bits per heavy atom. The number of hydrogen-bond donors (Lipinski definition) is 1. The van der Waals surface area contributed by atoms with Crippen LogP contribution in [0.2, 0.25) is 0 Å². The molecule has 0 amide bonds. The first kappa shape index (κ1) is 35.1. The maximum absolute atomic E-state index is 5.22.